The van der Waals surface area contributed by atoms with Crippen LogP contribution in [0.4, 0.5) is 9.18 Å². The maximum atomic E-state index is 14.1. The van der Waals surface area contributed by atoms with Gasteiger partial charge in [0.1, 0.15) is 11.9 Å². The van der Waals surface area contributed by atoms with E-state index >= 15 is 0 Å². The number of piperidine rings is 1. The zero-order chi connectivity index (χ0) is 24.5. The van der Waals surface area contributed by atoms with Crippen molar-refractivity contribution >= 4 is 18.1 Å². The Labute approximate surface area is 205 Å². The maximum Gasteiger partial charge on any atom is 0.410 e. The Kier molecular flexibility index (Phi) is 6.58. The number of allylic oxidation sites excluding steroid dienone is 1. The predicted molar refractivity (Wildman–Crippen MR) is 130 cm³/mol. The van der Waals surface area contributed by atoms with Crippen LogP contribution in [-0.2, 0) is 14.3 Å². The molecule has 1 aromatic carbocycles. The van der Waals surface area contributed by atoms with Crippen LogP contribution in [0.5, 0.6) is 0 Å². The van der Waals surface area contributed by atoms with Gasteiger partial charge in [-0.05, 0) is 63.2 Å². The van der Waals surface area contributed by atoms with Gasteiger partial charge in [0, 0.05) is 35.8 Å². The minimum atomic E-state index is -0.298. The molecule has 5 unspecified atom stereocenters. The summed E-state index contributed by atoms with van der Waals surface area (Å²) in [5.41, 5.74) is 2.00. The summed E-state index contributed by atoms with van der Waals surface area (Å²) >= 11 is 0. The topological polar surface area (TPSA) is 68.7 Å². The normalized spacial score (nSPS) is 30.0. The van der Waals surface area contributed by atoms with Crippen LogP contribution in [0.2, 0.25) is 0 Å². The van der Waals surface area contributed by atoms with Crippen molar-refractivity contribution in [1.82, 2.24) is 9.88 Å². The molecule has 3 heterocycles. The molecule has 35 heavy (non-hydrogen) atoms. The molecule has 6 atom stereocenters. The molecule has 1 amide bonds. The molecule has 2 aromatic rings. The van der Waals surface area contributed by atoms with Gasteiger partial charge in [0.2, 0.25) is 0 Å². The van der Waals surface area contributed by atoms with Crippen LogP contribution in [0.1, 0.15) is 38.8 Å². The van der Waals surface area contributed by atoms with Crippen molar-refractivity contribution in [2.75, 3.05) is 13.2 Å². The fraction of sp³-hybridized carbons (Fsp3) is 0.464. The number of carbonyl (C=O) groups excluding carboxylic acids is 2. The number of hydrogen-bond donors (Lipinski definition) is 0. The average Bonchev–Trinajstić information content (AvgIpc) is 3.15. The first-order chi connectivity index (χ1) is 17.0. The van der Waals surface area contributed by atoms with Crippen molar-refractivity contribution in [2.45, 2.75) is 45.3 Å². The second kappa shape index (κ2) is 9.80. The Morgan fingerprint density at radius 3 is 2.86 bits per heavy atom. The first-order valence-corrected chi connectivity index (χ1v) is 12.5. The zero-order valence-corrected chi connectivity index (χ0v) is 20.1. The highest BCUT2D eigenvalue weighted by Gasteiger charge is 2.56. The summed E-state index contributed by atoms with van der Waals surface area (Å²) in [6, 6.07) is 10.3. The number of amides is 1. The van der Waals surface area contributed by atoms with Crippen LogP contribution >= 0.6 is 0 Å². The van der Waals surface area contributed by atoms with E-state index in [9.17, 15) is 14.0 Å². The van der Waals surface area contributed by atoms with E-state index in [2.05, 4.69) is 11.1 Å². The van der Waals surface area contributed by atoms with Gasteiger partial charge in [-0.15, -0.1) is 0 Å². The first kappa shape index (κ1) is 23.5. The Morgan fingerprint density at radius 1 is 1.29 bits per heavy atom. The summed E-state index contributed by atoms with van der Waals surface area (Å²) < 4.78 is 25.1. The lowest BCUT2D eigenvalue weighted by Gasteiger charge is -2.50. The first-order valence-electron chi connectivity index (χ1n) is 12.5. The minimum absolute atomic E-state index is 0.0482. The number of benzene rings is 1. The molecule has 0 spiro atoms. The number of esters is 1. The largest absolute Gasteiger partial charge is 0.462 e. The number of likely N-dealkylation sites (tertiary alicyclic amines) is 1. The fourth-order valence-electron chi connectivity index (χ4n) is 6.32. The predicted octanol–water partition coefficient (Wildman–Crippen LogP) is 5.34. The van der Waals surface area contributed by atoms with Gasteiger partial charge in [-0.1, -0.05) is 30.3 Å². The molecular weight excluding hydrogens is 447 g/mol. The molecule has 1 aliphatic carbocycles. The van der Waals surface area contributed by atoms with Gasteiger partial charge in [0.25, 0.3) is 0 Å². The summed E-state index contributed by atoms with van der Waals surface area (Å²) in [4.78, 5) is 31.7. The van der Waals surface area contributed by atoms with Crippen LogP contribution < -0.4 is 0 Å². The zero-order valence-electron chi connectivity index (χ0n) is 20.1. The van der Waals surface area contributed by atoms with Crippen molar-refractivity contribution < 1.29 is 23.5 Å². The van der Waals surface area contributed by atoms with E-state index in [-0.39, 0.29) is 53.7 Å². The molecule has 184 valence electrons. The third-order valence-electron chi connectivity index (χ3n) is 7.84. The van der Waals surface area contributed by atoms with Crippen molar-refractivity contribution in [2.24, 2.45) is 23.7 Å². The lowest BCUT2D eigenvalue weighted by Crippen LogP contribution is -2.56. The van der Waals surface area contributed by atoms with Crippen molar-refractivity contribution in [3.8, 4) is 11.1 Å². The van der Waals surface area contributed by atoms with Gasteiger partial charge in [-0.3, -0.25) is 9.78 Å². The molecular formula is C28H31FN2O4. The van der Waals surface area contributed by atoms with Crippen molar-refractivity contribution in [3.05, 3.63) is 60.2 Å². The lowest BCUT2D eigenvalue weighted by atomic mass is 9.61. The number of ether oxygens (including phenoxy) is 2. The smallest absolute Gasteiger partial charge is 0.410 e. The van der Waals surface area contributed by atoms with E-state index in [4.69, 9.17) is 9.47 Å². The second-order valence-corrected chi connectivity index (χ2v) is 9.72. The quantitative estimate of drug-likeness (QED) is 0.555. The van der Waals surface area contributed by atoms with Gasteiger partial charge >= 0.3 is 12.1 Å². The molecule has 6 nitrogen and oxygen atoms in total. The van der Waals surface area contributed by atoms with E-state index in [1.165, 1.54) is 6.07 Å². The summed E-state index contributed by atoms with van der Waals surface area (Å²) in [6.45, 7) is 4.76. The molecule has 0 N–H and O–H groups in total. The molecule has 3 aliphatic rings. The monoisotopic (exact) mass is 478 g/mol. The summed E-state index contributed by atoms with van der Waals surface area (Å²) in [6.07, 6.45) is 7.85. The summed E-state index contributed by atoms with van der Waals surface area (Å²) in [7, 11) is 0. The van der Waals surface area contributed by atoms with Crippen LogP contribution in [0.25, 0.3) is 17.2 Å². The van der Waals surface area contributed by atoms with Crippen molar-refractivity contribution in [3.63, 3.8) is 0 Å². The Morgan fingerprint density at radius 2 is 2.11 bits per heavy atom. The highest BCUT2D eigenvalue weighted by Crippen LogP contribution is 2.51. The highest BCUT2D eigenvalue weighted by molar-refractivity contribution is 5.76. The van der Waals surface area contributed by atoms with Gasteiger partial charge < -0.3 is 14.4 Å². The number of hydrogen-bond acceptors (Lipinski definition) is 5. The van der Waals surface area contributed by atoms with Gasteiger partial charge in [-0.25, -0.2) is 9.18 Å². The third-order valence-corrected chi connectivity index (χ3v) is 7.84. The van der Waals surface area contributed by atoms with Crippen LogP contribution in [0.15, 0.2) is 48.7 Å². The fourth-order valence-corrected chi connectivity index (χ4v) is 6.32. The Balaban J connectivity index is 1.42. The van der Waals surface area contributed by atoms with Crippen LogP contribution in [0.3, 0.4) is 0 Å². The highest BCUT2D eigenvalue weighted by atomic mass is 19.1. The molecule has 7 heteroatoms. The lowest BCUT2D eigenvalue weighted by molar-refractivity contribution is -0.144. The van der Waals surface area contributed by atoms with Crippen LogP contribution in [0, 0.1) is 29.5 Å². The van der Waals surface area contributed by atoms with E-state index in [0.29, 0.717) is 25.1 Å². The standard InChI is InChI=1S/C28H31FN2O4/c1-3-34-28(33)31-14-6-8-21-22(26-17(2)35-27(32)23(26)15-25(21)31)13-12-19-11-10-18(16-30-19)20-7-4-5-9-24(20)29/h4-5,7,9-13,16-17,21-23,25-26H,3,6,8,14-15H2,1-2H3/b13-12+/t17-,21?,22?,23?,25?,26?/m1/s1. The van der Waals surface area contributed by atoms with Gasteiger partial charge in [0.05, 0.1) is 18.2 Å². The minimum Gasteiger partial charge on any atom is -0.462 e. The number of halogens is 1. The molecule has 1 aromatic heterocycles. The number of nitrogens with zero attached hydrogens (tertiary/aromatic N) is 2. The van der Waals surface area contributed by atoms with E-state index in [0.717, 1.165) is 24.1 Å². The molecule has 0 radical (unpaired) electrons. The molecule has 2 aliphatic heterocycles. The Bertz CT molecular complexity index is 1120. The number of aromatic nitrogens is 1. The van der Waals surface area contributed by atoms with E-state index < -0.39 is 0 Å². The van der Waals surface area contributed by atoms with Gasteiger partial charge in [0.15, 0.2) is 0 Å². The van der Waals surface area contributed by atoms with Crippen LogP contribution in [-0.4, -0.2) is 47.2 Å². The van der Waals surface area contributed by atoms with Gasteiger partial charge in [-0.2, -0.15) is 0 Å². The molecule has 0 bridgehead atoms. The number of rotatable bonds is 4. The Hall–Kier alpha value is -3.22. The molecule has 1 saturated carbocycles. The number of fused-ring (bicyclic) bond motifs is 2. The molecule has 3 fully saturated rings. The maximum absolute atomic E-state index is 14.1. The van der Waals surface area contributed by atoms with E-state index in [1.54, 1.807) is 24.4 Å². The number of pyridine rings is 1. The number of carbonyl (C=O) groups is 2. The van der Waals surface area contributed by atoms with E-state index in [1.807, 2.05) is 37.0 Å². The summed E-state index contributed by atoms with van der Waals surface area (Å²) in [5, 5.41) is 0. The second-order valence-electron chi connectivity index (χ2n) is 9.72. The van der Waals surface area contributed by atoms with Crippen molar-refractivity contribution in [1.29, 1.82) is 0 Å². The third kappa shape index (κ3) is 4.44. The number of cyclic esters (lactones) is 1. The summed E-state index contributed by atoms with van der Waals surface area (Å²) in [5.74, 6) is -0.306. The molecule has 2 saturated heterocycles. The molecule has 5 rings (SSSR count). The SMILES string of the molecule is CCOC(=O)N1CCCC2C(/C=C/c3ccc(-c4ccccc4F)cn3)C3C(CC21)C(=O)O[C@@H]3C. The average molecular weight is 479 g/mol.